The third-order valence-electron chi connectivity index (χ3n) is 5.40. The SMILES string of the molecule is CC[C@H](CCC[C@H](N)c1ccccc1C)c1ccc(Sc2ccnc(Cl)c2Cl)nc1. The Balaban J connectivity index is 1.57. The fourth-order valence-corrected chi connectivity index (χ4v) is 4.86. The number of pyridine rings is 2. The molecule has 0 radical (unpaired) electrons. The molecule has 0 fully saturated rings. The van der Waals surface area contributed by atoms with Crippen LogP contribution in [0.4, 0.5) is 0 Å². The first-order valence-corrected chi connectivity index (χ1v) is 11.8. The predicted molar refractivity (Wildman–Crippen MR) is 128 cm³/mol. The first-order valence-electron chi connectivity index (χ1n) is 10.2. The van der Waals surface area contributed by atoms with Crippen molar-refractivity contribution < 1.29 is 0 Å². The molecule has 0 aliphatic carbocycles. The average Bonchev–Trinajstić information content (AvgIpc) is 2.75. The maximum absolute atomic E-state index is 6.44. The zero-order valence-electron chi connectivity index (χ0n) is 17.3. The monoisotopic (exact) mass is 459 g/mol. The molecule has 3 rings (SSSR count). The van der Waals surface area contributed by atoms with Crippen LogP contribution in [0.2, 0.25) is 10.2 Å². The average molecular weight is 460 g/mol. The lowest BCUT2D eigenvalue weighted by Crippen LogP contribution is -2.12. The summed E-state index contributed by atoms with van der Waals surface area (Å²) < 4.78 is 0. The summed E-state index contributed by atoms with van der Waals surface area (Å²) in [6.07, 6.45) is 7.91. The molecule has 2 heterocycles. The summed E-state index contributed by atoms with van der Waals surface area (Å²) in [7, 11) is 0. The van der Waals surface area contributed by atoms with Gasteiger partial charge >= 0.3 is 0 Å². The normalized spacial score (nSPS) is 13.2. The minimum Gasteiger partial charge on any atom is -0.324 e. The van der Waals surface area contributed by atoms with E-state index >= 15 is 0 Å². The van der Waals surface area contributed by atoms with Gasteiger partial charge in [-0.15, -0.1) is 0 Å². The molecule has 30 heavy (non-hydrogen) atoms. The topological polar surface area (TPSA) is 51.8 Å². The van der Waals surface area contributed by atoms with Gasteiger partial charge in [-0.3, -0.25) is 0 Å². The third kappa shape index (κ3) is 5.98. The summed E-state index contributed by atoms with van der Waals surface area (Å²) in [6.45, 7) is 4.36. The van der Waals surface area contributed by atoms with Crippen molar-refractivity contribution in [1.29, 1.82) is 0 Å². The fourth-order valence-electron chi connectivity index (χ4n) is 3.64. The number of nitrogens with zero attached hydrogens (tertiary/aromatic N) is 2. The van der Waals surface area contributed by atoms with Gasteiger partial charge in [-0.05, 0) is 60.9 Å². The van der Waals surface area contributed by atoms with Crippen molar-refractivity contribution in [2.24, 2.45) is 5.73 Å². The Morgan fingerprint density at radius 3 is 2.53 bits per heavy atom. The molecule has 0 saturated carbocycles. The van der Waals surface area contributed by atoms with Crippen molar-refractivity contribution in [3.63, 3.8) is 0 Å². The molecule has 158 valence electrons. The van der Waals surface area contributed by atoms with Gasteiger partial charge in [0.1, 0.15) is 10.2 Å². The van der Waals surface area contributed by atoms with E-state index in [2.05, 4.69) is 54.1 Å². The van der Waals surface area contributed by atoms with Crippen molar-refractivity contribution in [2.75, 3.05) is 0 Å². The molecule has 2 atom stereocenters. The van der Waals surface area contributed by atoms with Gasteiger partial charge in [0.05, 0.1) is 5.02 Å². The van der Waals surface area contributed by atoms with Crippen LogP contribution in [0.15, 0.2) is 64.8 Å². The van der Waals surface area contributed by atoms with Gasteiger partial charge in [0.2, 0.25) is 0 Å². The van der Waals surface area contributed by atoms with Crippen LogP contribution in [0.1, 0.15) is 61.3 Å². The maximum atomic E-state index is 6.44. The van der Waals surface area contributed by atoms with E-state index in [4.69, 9.17) is 28.9 Å². The molecule has 0 amide bonds. The Morgan fingerprint density at radius 1 is 1.03 bits per heavy atom. The molecule has 3 nitrogen and oxygen atoms in total. The van der Waals surface area contributed by atoms with E-state index in [0.29, 0.717) is 16.1 Å². The van der Waals surface area contributed by atoms with Crippen molar-refractivity contribution in [1.82, 2.24) is 9.97 Å². The van der Waals surface area contributed by atoms with Crippen molar-refractivity contribution in [2.45, 2.75) is 61.4 Å². The van der Waals surface area contributed by atoms with Crippen LogP contribution in [0.3, 0.4) is 0 Å². The molecule has 2 N–H and O–H groups in total. The standard InChI is InChI=1S/C24H27Cl2N3S/c1-3-17(8-6-10-20(27)19-9-5-4-7-16(19)2)18-11-12-22(29-15-18)30-21-13-14-28-24(26)23(21)25/h4-5,7,9,11-15,17,20H,3,6,8,10,27H2,1-2H3/t17-,20+/m1/s1. The minimum absolute atomic E-state index is 0.0949. The molecule has 0 bridgehead atoms. The number of hydrogen-bond donors (Lipinski definition) is 1. The lowest BCUT2D eigenvalue weighted by Gasteiger charge is -2.18. The number of benzene rings is 1. The molecule has 0 aliphatic rings. The van der Waals surface area contributed by atoms with E-state index in [0.717, 1.165) is 35.6 Å². The van der Waals surface area contributed by atoms with E-state index in [-0.39, 0.29) is 6.04 Å². The second-order valence-electron chi connectivity index (χ2n) is 7.44. The zero-order chi connectivity index (χ0) is 21.5. The van der Waals surface area contributed by atoms with Crippen molar-refractivity contribution in [3.8, 4) is 0 Å². The minimum atomic E-state index is 0.0949. The highest BCUT2D eigenvalue weighted by Gasteiger charge is 2.14. The van der Waals surface area contributed by atoms with Gasteiger partial charge < -0.3 is 5.73 Å². The Bertz CT molecular complexity index is 963. The zero-order valence-corrected chi connectivity index (χ0v) is 19.6. The van der Waals surface area contributed by atoms with Gasteiger partial charge in [-0.2, -0.15) is 0 Å². The number of hydrogen-bond acceptors (Lipinski definition) is 4. The summed E-state index contributed by atoms with van der Waals surface area (Å²) in [6, 6.07) is 14.6. The second kappa shape index (κ2) is 11.1. The van der Waals surface area contributed by atoms with Crippen LogP contribution in [-0.2, 0) is 0 Å². The molecule has 0 spiro atoms. The van der Waals surface area contributed by atoms with E-state index < -0.39 is 0 Å². The van der Waals surface area contributed by atoms with Crippen molar-refractivity contribution >= 4 is 35.0 Å². The van der Waals surface area contributed by atoms with Crippen LogP contribution < -0.4 is 5.73 Å². The summed E-state index contributed by atoms with van der Waals surface area (Å²) in [4.78, 5) is 9.47. The van der Waals surface area contributed by atoms with E-state index in [1.807, 2.05) is 18.3 Å². The molecule has 1 aromatic carbocycles. The van der Waals surface area contributed by atoms with Gasteiger partial charge in [0, 0.05) is 23.3 Å². The van der Waals surface area contributed by atoms with Gasteiger partial charge in [-0.1, -0.05) is 78.6 Å². The van der Waals surface area contributed by atoms with Crippen LogP contribution in [0.25, 0.3) is 0 Å². The number of aromatic nitrogens is 2. The molecular formula is C24H27Cl2N3S. The van der Waals surface area contributed by atoms with Crippen LogP contribution in [0.5, 0.6) is 0 Å². The molecule has 0 saturated heterocycles. The molecular weight excluding hydrogens is 433 g/mol. The highest BCUT2D eigenvalue weighted by molar-refractivity contribution is 7.99. The summed E-state index contributed by atoms with van der Waals surface area (Å²) >= 11 is 13.7. The number of nitrogens with two attached hydrogens (primary N) is 1. The summed E-state index contributed by atoms with van der Waals surface area (Å²) in [5, 5.41) is 1.67. The molecule has 3 aromatic rings. The first-order chi connectivity index (χ1) is 14.5. The van der Waals surface area contributed by atoms with E-state index in [1.165, 1.54) is 28.5 Å². The largest absolute Gasteiger partial charge is 0.324 e. The van der Waals surface area contributed by atoms with Crippen molar-refractivity contribution in [3.05, 3.63) is 81.7 Å². The van der Waals surface area contributed by atoms with E-state index in [1.54, 1.807) is 6.20 Å². The summed E-state index contributed by atoms with van der Waals surface area (Å²) in [5.74, 6) is 0.486. The Kier molecular flexibility index (Phi) is 8.58. The molecule has 6 heteroatoms. The Labute approximate surface area is 193 Å². The lowest BCUT2D eigenvalue weighted by molar-refractivity contribution is 0.519. The number of aryl methyl sites for hydroxylation is 1. The van der Waals surface area contributed by atoms with Crippen LogP contribution in [-0.4, -0.2) is 9.97 Å². The fraction of sp³-hybridized carbons (Fsp3) is 0.333. The lowest BCUT2D eigenvalue weighted by atomic mass is 9.90. The maximum Gasteiger partial charge on any atom is 0.148 e. The number of rotatable bonds is 9. The predicted octanol–water partition coefficient (Wildman–Crippen LogP) is 7.61. The highest BCUT2D eigenvalue weighted by Crippen LogP contribution is 2.36. The molecule has 0 aliphatic heterocycles. The second-order valence-corrected chi connectivity index (χ2v) is 9.24. The third-order valence-corrected chi connectivity index (χ3v) is 7.29. The Hall–Kier alpha value is -1.59. The quantitative estimate of drug-likeness (QED) is 0.334. The van der Waals surface area contributed by atoms with Gasteiger partial charge in [0.25, 0.3) is 0 Å². The molecule has 2 aromatic heterocycles. The molecule has 0 unspecified atom stereocenters. The van der Waals surface area contributed by atoms with E-state index in [9.17, 15) is 0 Å². The van der Waals surface area contributed by atoms with Gasteiger partial charge in [-0.25, -0.2) is 9.97 Å². The first kappa shape index (κ1) is 23.1. The summed E-state index contributed by atoms with van der Waals surface area (Å²) in [5.41, 5.74) is 10.2. The van der Waals surface area contributed by atoms with Crippen LogP contribution in [0, 0.1) is 6.92 Å². The number of halogens is 2. The smallest absolute Gasteiger partial charge is 0.148 e. The highest BCUT2D eigenvalue weighted by atomic mass is 35.5. The van der Waals surface area contributed by atoms with Crippen LogP contribution >= 0.6 is 35.0 Å². The van der Waals surface area contributed by atoms with Gasteiger partial charge in [0.15, 0.2) is 0 Å². The Morgan fingerprint density at radius 2 is 1.83 bits per heavy atom.